The first-order valence-corrected chi connectivity index (χ1v) is 8.47. The number of alkyl halides is 1. The van der Waals surface area contributed by atoms with Gasteiger partial charge >= 0.3 is 0 Å². The molecule has 1 saturated heterocycles. The van der Waals surface area contributed by atoms with Crippen LogP contribution in [0.3, 0.4) is 0 Å². The van der Waals surface area contributed by atoms with Crippen molar-refractivity contribution in [2.24, 2.45) is 5.41 Å². The summed E-state index contributed by atoms with van der Waals surface area (Å²) < 4.78 is 0.0790. The van der Waals surface area contributed by atoms with E-state index in [0.717, 1.165) is 25.9 Å². The maximum atomic E-state index is 13.0. The van der Waals surface area contributed by atoms with Gasteiger partial charge in [0.05, 0.1) is 10.0 Å². The lowest BCUT2D eigenvalue weighted by Crippen LogP contribution is -2.38. The van der Waals surface area contributed by atoms with E-state index in [1.807, 2.05) is 0 Å². The highest BCUT2D eigenvalue weighted by Gasteiger charge is 2.44. The molecule has 1 aromatic rings. The Bertz CT molecular complexity index is 519. The molecule has 1 aliphatic heterocycles. The summed E-state index contributed by atoms with van der Waals surface area (Å²) in [6, 6.07) is 5.16. The van der Waals surface area contributed by atoms with Crippen molar-refractivity contribution in [1.29, 1.82) is 0 Å². The molecule has 0 spiro atoms. The molecule has 1 aromatic carbocycles. The molecule has 1 aliphatic rings. The van der Waals surface area contributed by atoms with Crippen molar-refractivity contribution in [3.63, 3.8) is 0 Å². The minimum absolute atomic E-state index is 0.0790. The van der Waals surface area contributed by atoms with Gasteiger partial charge in [0.1, 0.15) is 0 Å². The van der Waals surface area contributed by atoms with Gasteiger partial charge in [0.15, 0.2) is 5.78 Å². The van der Waals surface area contributed by atoms with Crippen molar-refractivity contribution in [1.82, 2.24) is 5.32 Å². The van der Waals surface area contributed by atoms with E-state index in [9.17, 15) is 4.79 Å². The minimum atomic E-state index is -0.331. The van der Waals surface area contributed by atoms with Crippen molar-refractivity contribution < 1.29 is 4.79 Å². The van der Waals surface area contributed by atoms with E-state index in [4.69, 9.17) is 23.2 Å². The van der Waals surface area contributed by atoms with Crippen LogP contribution in [-0.2, 0) is 0 Å². The third-order valence-corrected chi connectivity index (χ3v) is 4.79. The topological polar surface area (TPSA) is 29.1 Å². The average Bonchev–Trinajstić information content (AvgIpc) is 2.79. The number of nitrogens with one attached hydrogen (secondary N) is 1. The monoisotopic (exact) mass is 425 g/mol. The van der Waals surface area contributed by atoms with Crippen LogP contribution in [0.5, 0.6) is 0 Å². The Balaban J connectivity index is 2.34. The summed E-state index contributed by atoms with van der Waals surface area (Å²) in [6.45, 7) is 5.95. The molecule has 110 valence electrons. The number of hydrogen-bond acceptors (Lipinski definition) is 2. The highest BCUT2D eigenvalue weighted by atomic mass is 127. The fourth-order valence-corrected chi connectivity index (χ4v) is 3.95. The zero-order chi connectivity index (χ0) is 15.0. The van der Waals surface area contributed by atoms with Crippen LogP contribution in [0, 0.1) is 5.41 Å². The predicted octanol–water partition coefficient (Wildman–Crippen LogP) is 4.76. The first kappa shape index (κ1) is 16.5. The molecule has 1 atom stereocenters. The average molecular weight is 426 g/mol. The van der Waals surface area contributed by atoms with Gasteiger partial charge < -0.3 is 5.32 Å². The summed E-state index contributed by atoms with van der Waals surface area (Å²) in [7, 11) is 0. The second kappa shape index (κ2) is 6.11. The normalized spacial score (nSPS) is 23.1. The minimum Gasteiger partial charge on any atom is -0.316 e. The number of Topliss-reactive ketones (excluding diaryl/α,β-unsaturated/α-hetero) is 1. The molecule has 0 bridgehead atoms. The molecule has 1 unspecified atom stereocenters. The maximum absolute atomic E-state index is 13.0. The molecule has 0 saturated carbocycles. The van der Waals surface area contributed by atoms with Gasteiger partial charge in [-0.15, -0.1) is 0 Å². The van der Waals surface area contributed by atoms with Crippen LogP contribution in [0.2, 0.25) is 10.0 Å². The second-order valence-electron chi connectivity index (χ2n) is 6.06. The molecule has 2 nitrogen and oxygen atoms in total. The zero-order valence-corrected chi connectivity index (χ0v) is 15.3. The summed E-state index contributed by atoms with van der Waals surface area (Å²) in [5.41, 5.74) is 0.325. The van der Waals surface area contributed by atoms with E-state index >= 15 is 0 Å². The third kappa shape index (κ3) is 3.67. The van der Waals surface area contributed by atoms with E-state index in [1.165, 1.54) is 0 Å². The van der Waals surface area contributed by atoms with E-state index in [2.05, 4.69) is 41.8 Å². The number of benzene rings is 1. The van der Waals surface area contributed by atoms with E-state index in [-0.39, 0.29) is 14.6 Å². The van der Waals surface area contributed by atoms with Gasteiger partial charge in [0, 0.05) is 20.9 Å². The quantitative estimate of drug-likeness (QED) is 0.428. The van der Waals surface area contributed by atoms with Crippen molar-refractivity contribution >= 4 is 51.6 Å². The predicted molar refractivity (Wildman–Crippen MR) is 93.4 cm³/mol. The number of rotatable bonds is 4. The molecular weight excluding hydrogens is 408 g/mol. The first-order valence-electron chi connectivity index (χ1n) is 6.63. The van der Waals surface area contributed by atoms with Crippen molar-refractivity contribution in [3.05, 3.63) is 33.8 Å². The van der Waals surface area contributed by atoms with Crippen molar-refractivity contribution in [2.75, 3.05) is 13.1 Å². The van der Waals surface area contributed by atoms with Crippen LogP contribution >= 0.6 is 45.8 Å². The Morgan fingerprint density at radius 2 is 2.10 bits per heavy atom. The SMILES string of the molecule is CC(C)(I)CC1(C(=O)c2ccc(Cl)c(Cl)c2)CCNC1. The van der Waals surface area contributed by atoms with Gasteiger partial charge in [-0.25, -0.2) is 0 Å². The van der Waals surface area contributed by atoms with Gasteiger partial charge in [-0.2, -0.15) is 0 Å². The summed E-state index contributed by atoms with van der Waals surface area (Å²) in [5.74, 6) is 0.172. The summed E-state index contributed by atoms with van der Waals surface area (Å²) in [4.78, 5) is 13.0. The molecule has 0 amide bonds. The molecule has 0 radical (unpaired) electrons. The second-order valence-corrected chi connectivity index (χ2v) is 9.80. The van der Waals surface area contributed by atoms with Crippen LogP contribution in [0.25, 0.3) is 0 Å². The van der Waals surface area contributed by atoms with Crippen molar-refractivity contribution in [2.45, 2.75) is 30.1 Å². The first-order chi connectivity index (χ1) is 9.23. The van der Waals surface area contributed by atoms with Crippen LogP contribution in [0.4, 0.5) is 0 Å². The standard InChI is InChI=1S/C15H18Cl2INO/c1-14(2,18)8-15(5-6-19-9-15)13(20)10-3-4-11(16)12(17)7-10/h3-4,7,19H,5-6,8-9H2,1-2H3. The molecule has 1 fully saturated rings. The highest BCUT2D eigenvalue weighted by molar-refractivity contribution is 14.1. The largest absolute Gasteiger partial charge is 0.316 e. The summed E-state index contributed by atoms with van der Waals surface area (Å²) in [5, 5.41) is 4.25. The lowest BCUT2D eigenvalue weighted by atomic mass is 9.73. The van der Waals surface area contributed by atoms with Crippen LogP contribution in [0.15, 0.2) is 18.2 Å². The number of carbonyl (C=O) groups excluding carboxylic acids is 1. The van der Waals surface area contributed by atoms with E-state index in [0.29, 0.717) is 15.6 Å². The Kier molecular flexibility index (Phi) is 5.05. The van der Waals surface area contributed by atoms with Crippen LogP contribution in [-0.4, -0.2) is 22.3 Å². The molecular formula is C15H18Cl2INO. The van der Waals surface area contributed by atoms with E-state index < -0.39 is 0 Å². The lowest BCUT2D eigenvalue weighted by Gasteiger charge is -2.32. The van der Waals surface area contributed by atoms with Gasteiger partial charge in [0.2, 0.25) is 0 Å². The smallest absolute Gasteiger partial charge is 0.170 e. The third-order valence-electron chi connectivity index (χ3n) is 3.67. The van der Waals surface area contributed by atoms with Crippen LogP contribution < -0.4 is 5.32 Å². The summed E-state index contributed by atoms with van der Waals surface area (Å²) >= 11 is 14.4. The molecule has 2 rings (SSSR count). The number of carbonyl (C=O) groups is 1. The highest BCUT2D eigenvalue weighted by Crippen LogP contribution is 2.41. The van der Waals surface area contributed by atoms with Gasteiger partial charge in [-0.1, -0.05) is 59.6 Å². The molecule has 1 heterocycles. The summed E-state index contributed by atoms with van der Waals surface area (Å²) in [6.07, 6.45) is 1.73. The lowest BCUT2D eigenvalue weighted by molar-refractivity contribution is 0.0793. The molecule has 0 aromatic heterocycles. The van der Waals surface area contributed by atoms with E-state index in [1.54, 1.807) is 18.2 Å². The van der Waals surface area contributed by atoms with Gasteiger partial charge in [0.25, 0.3) is 0 Å². The fraction of sp³-hybridized carbons (Fsp3) is 0.533. The number of halogens is 3. The Labute approximate surface area is 143 Å². The van der Waals surface area contributed by atoms with Gasteiger partial charge in [-0.3, -0.25) is 4.79 Å². The Hall–Kier alpha value is 0.160. The molecule has 1 N–H and O–H groups in total. The number of hydrogen-bond donors (Lipinski definition) is 1. The van der Waals surface area contributed by atoms with Crippen LogP contribution in [0.1, 0.15) is 37.0 Å². The Morgan fingerprint density at radius 1 is 1.40 bits per heavy atom. The van der Waals surface area contributed by atoms with Gasteiger partial charge in [-0.05, 0) is 37.6 Å². The molecule has 20 heavy (non-hydrogen) atoms. The molecule has 5 heteroatoms. The maximum Gasteiger partial charge on any atom is 0.170 e. The Morgan fingerprint density at radius 3 is 2.60 bits per heavy atom. The zero-order valence-electron chi connectivity index (χ0n) is 11.6. The molecule has 0 aliphatic carbocycles. The fourth-order valence-electron chi connectivity index (χ4n) is 2.92. The number of ketones is 1. The van der Waals surface area contributed by atoms with Crippen molar-refractivity contribution in [3.8, 4) is 0 Å².